The van der Waals surface area contributed by atoms with Crippen molar-refractivity contribution in [1.29, 1.82) is 0 Å². The third kappa shape index (κ3) is 3.00. The molecule has 84 valence electrons. The summed E-state index contributed by atoms with van der Waals surface area (Å²) >= 11 is 1.29. The van der Waals surface area contributed by atoms with E-state index in [1.165, 1.54) is 18.3 Å². The second kappa shape index (κ2) is 4.28. The van der Waals surface area contributed by atoms with E-state index in [-0.39, 0.29) is 0 Å². The summed E-state index contributed by atoms with van der Waals surface area (Å²) in [4.78, 5) is 15.7. The number of aromatic nitrogens is 1. The van der Waals surface area contributed by atoms with Crippen molar-refractivity contribution in [2.75, 3.05) is 6.26 Å². The van der Waals surface area contributed by atoms with Crippen molar-refractivity contribution in [3.8, 4) is 0 Å². The Morgan fingerprint density at radius 1 is 1.60 bits per heavy atom. The minimum absolute atomic E-state index is 0.496. The molecule has 0 saturated heterocycles. The van der Waals surface area contributed by atoms with Crippen molar-refractivity contribution >= 4 is 27.1 Å². The van der Waals surface area contributed by atoms with Gasteiger partial charge in [-0.1, -0.05) is 0 Å². The van der Waals surface area contributed by atoms with Gasteiger partial charge in [0.05, 0.1) is 0 Å². The molecule has 1 atom stereocenters. The summed E-state index contributed by atoms with van der Waals surface area (Å²) < 4.78 is 23.9. The molecule has 0 aromatic carbocycles. The lowest BCUT2D eigenvalue weighted by Gasteiger charge is -2.02. The molecule has 0 spiro atoms. The van der Waals surface area contributed by atoms with Crippen LogP contribution >= 0.6 is 11.3 Å². The molecule has 1 aromatic rings. The van der Waals surface area contributed by atoms with Crippen molar-refractivity contribution in [2.45, 2.75) is 12.2 Å². The van der Waals surface area contributed by atoms with Crippen molar-refractivity contribution in [1.82, 2.24) is 4.57 Å². The van der Waals surface area contributed by atoms with E-state index in [2.05, 4.69) is 4.99 Å². The number of hydrogen-bond donors (Lipinski definition) is 0. The van der Waals surface area contributed by atoms with Crippen LogP contribution in [-0.2, 0) is 21.7 Å². The average molecular weight is 248 g/mol. The van der Waals surface area contributed by atoms with Crippen LogP contribution in [-0.4, -0.2) is 30.4 Å². The van der Waals surface area contributed by atoms with E-state index >= 15 is 0 Å². The van der Waals surface area contributed by atoms with Gasteiger partial charge in [0.2, 0.25) is 0 Å². The van der Waals surface area contributed by atoms with Gasteiger partial charge in [0, 0.05) is 24.9 Å². The lowest BCUT2D eigenvalue weighted by Crippen LogP contribution is -2.27. The molecule has 1 amide bonds. The van der Waals surface area contributed by atoms with E-state index < -0.39 is 21.0 Å². The highest BCUT2D eigenvalue weighted by atomic mass is 32.2. The maximum Gasteiger partial charge on any atom is 0.266 e. The number of nitrogens with zero attached hydrogens (tertiary/aromatic N) is 2. The molecule has 0 fully saturated rings. The molecule has 0 aliphatic heterocycles. The molecule has 1 rings (SSSR count). The maximum atomic E-state index is 11.5. The molecule has 0 N–H and O–H groups in total. The van der Waals surface area contributed by atoms with E-state index in [0.29, 0.717) is 4.80 Å². The van der Waals surface area contributed by atoms with Gasteiger partial charge in [-0.2, -0.15) is 4.99 Å². The van der Waals surface area contributed by atoms with Crippen molar-refractivity contribution in [3.63, 3.8) is 0 Å². The third-order valence-electron chi connectivity index (χ3n) is 1.96. The topological polar surface area (TPSA) is 68.5 Å². The molecule has 0 aliphatic carbocycles. The fourth-order valence-electron chi connectivity index (χ4n) is 0.803. The Bertz CT molecular complexity index is 524. The number of carbonyl (C=O) groups excluding carboxylic acids is 1. The summed E-state index contributed by atoms with van der Waals surface area (Å²) in [7, 11) is -1.62. The molecular formula is C8H12N2O3S2. The average Bonchev–Trinajstić information content (AvgIpc) is 2.49. The first kappa shape index (κ1) is 12.1. The Morgan fingerprint density at radius 2 is 2.20 bits per heavy atom. The minimum atomic E-state index is -3.37. The smallest absolute Gasteiger partial charge is 0.266 e. The number of amides is 1. The highest BCUT2D eigenvalue weighted by molar-refractivity contribution is 7.92. The third-order valence-corrected chi connectivity index (χ3v) is 4.29. The Morgan fingerprint density at radius 3 is 2.60 bits per heavy atom. The standard InChI is InChI=1S/C8H12N2O3S2/c1-6(15(3,12)13)7(11)9-8-10(2)4-5-14-8/h4-6H,1-3H3. The van der Waals surface area contributed by atoms with Gasteiger partial charge >= 0.3 is 0 Å². The molecule has 0 radical (unpaired) electrons. The molecular weight excluding hydrogens is 236 g/mol. The van der Waals surface area contributed by atoms with Crippen LogP contribution in [0.5, 0.6) is 0 Å². The zero-order valence-electron chi connectivity index (χ0n) is 8.67. The molecule has 0 bridgehead atoms. The molecule has 0 saturated carbocycles. The fourth-order valence-corrected chi connectivity index (χ4v) is 1.96. The molecule has 7 heteroatoms. The number of thiazole rings is 1. The first-order valence-electron chi connectivity index (χ1n) is 4.20. The van der Waals surface area contributed by atoms with Gasteiger partial charge in [0.15, 0.2) is 14.6 Å². The van der Waals surface area contributed by atoms with Gasteiger partial charge in [-0.3, -0.25) is 4.79 Å². The van der Waals surface area contributed by atoms with Crippen LogP contribution in [0, 0.1) is 0 Å². The number of sulfone groups is 1. The lowest BCUT2D eigenvalue weighted by atomic mass is 10.5. The zero-order valence-corrected chi connectivity index (χ0v) is 10.3. The first-order valence-corrected chi connectivity index (χ1v) is 7.03. The quantitative estimate of drug-likeness (QED) is 0.736. The van der Waals surface area contributed by atoms with Crippen LogP contribution in [0.3, 0.4) is 0 Å². The van der Waals surface area contributed by atoms with E-state index in [1.54, 1.807) is 23.2 Å². The monoisotopic (exact) mass is 248 g/mol. The second-order valence-corrected chi connectivity index (χ2v) is 6.46. The highest BCUT2D eigenvalue weighted by Gasteiger charge is 2.22. The summed E-state index contributed by atoms with van der Waals surface area (Å²) in [6.07, 6.45) is 2.78. The van der Waals surface area contributed by atoms with Crippen LogP contribution in [0.4, 0.5) is 0 Å². The maximum absolute atomic E-state index is 11.5. The summed E-state index contributed by atoms with van der Waals surface area (Å²) in [5.41, 5.74) is 0. The Labute approximate surface area is 92.0 Å². The zero-order chi connectivity index (χ0) is 11.6. The molecule has 0 aliphatic rings. The van der Waals surface area contributed by atoms with Gasteiger partial charge in [0.1, 0.15) is 5.25 Å². The first-order chi connectivity index (χ1) is 6.82. The summed E-state index contributed by atoms with van der Waals surface area (Å²) in [6, 6.07) is 0. The van der Waals surface area contributed by atoms with E-state index in [1.807, 2.05) is 0 Å². The Hall–Kier alpha value is -0.950. The number of hydrogen-bond acceptors (Lipinski definition) is 4. The van der Waals surface area contributed by atoms with Crippen LogP contribution in [0.2, 0.25) is 0 Å². The molecule has 1 unspecified atom stereocenters. The van der Waals surface area contributed by atoms with Crippen LogP contribution < -0.4 is 4.80 Å². The van der Waals surface area contributed by atoms with E-state index in [4.69, 9.17) is 0 Å². The Kier molecular flexibility index (Phi) is 3.46. The molecule has 15 heavy (non-hydrogen) atoms. The summed E-state index contributed by atoms with van der Waals surface area (Å²) in [6.45, 7) is 1.34. The van der Waals surface area contributed by atoms with Crippen molar-refractivity contribution < 1.29 is 13.2 Å². The molecule has 1 heterocycles. The van der Waals surface area contributed by atoms with Crippen molar-refractivity contribution in [3.05, 3.63) is 16.4 Å². The lowest BCUT2D eigenvalue weighted by molar-refractivity contribution is -0.117. The number of rotatable bonds is 2. The van der Waals surface area contributed by atoms with Gasteiger partial charge in [0.25, 0.3) is 5.91 Å². The van der Waals surface area contributed by atoms with Crippen LogP contribution in [0.1, 0.15) is 6.92 Å². The normalized spacial score (nSPS) is 15.3. The minimum Gasteiger partial charge on any atom is -0.327 e. The predicted molar refractivity (Wildman–Crippen MR) is 58.2 cm³/mol. The summed E-state index contributed by atoms with van der Waals surface area (Å²) in [5.74, 6) is -0.629. The van der Waals surface area contributed by atoms with Crippen LogP contribution in [0.15, 0.2) is 16.6 Å². The number of carbonyl (C=O) groups is 1. The SMILES string of the molecule is CC(C(=O)N=c1sccn1C)S(C)(=O)=O. The highest BCUT2D eigenvalue weighted by Crippen LogP contribution is 2.00. The van der Waals surface area contributed by atoms with Gasteiger partial charge in [-0.15, -0.1) is 11.3 Å². The largest absolute Gasteiger partial charge is 0.327 e. The van der Waals surface area contributed by atoms with E-state index in [0.717, 1.165) is 6.26 Å². The summed E-state index contributed by atoms with van der Waals surface area (Å²) in [5, 5.41) is 0.691. The predicted octanol–water partition coefficient (Wildman–Crippen LogP) is -0.0530. The Balaban J connectivity index is 3.05. The molecule has 5 nitrogen and oxygen atoms in total. The van der Waals surface area contributed by atoms with Gasteiger partial charge in [-0.25, -0.2) is 8.42 Å². The van der Waals surface area contributed by atoms with Gasteiger partial charge in [-0.05, 0) is 6.92 Å². The van der Waals surface area contributed by atoms with E-state index in [9.17, 15) is 13.2 Å². The number of aryl methyl sites for hydroxylation is 1. The second-order valence-electron chi connectivity index (χ2n) is 3.22. The van der Waals surface area contributed by atoms with Crippen LogP contribution in [0.25, 0.3) is 0 Å². The van der Waals surface area contributed by atoms with Crippen molar-refractivity contribution in [2.24, 2.45) is 12.0 Å². The van der Waals surface area contributed by atoms with Gasteiger partial charge < -0.3 is 4.57 Å². The molecule has 1 aromatic heterocycles. The fraction of sp³-hybridized carbons (Fsp3) is 0.500.